The first-order valence-electron chi connectivity index (χ1n) is 6.04. The average molecular weight is 294 g/mol. The van der Waals surface area contributed by atoms with Gasteiger partial charge in [0.2, 0.25) is 5.82 Å². The summed E-state index contributed by atoms with van der Waals surface area (Å²) < 4.78 is 26.8. The predicted molar refractivity (Wildman–Crippen MR) is 73.2 cm³/mol. The molecule has 2 N–H and O–H groups in total. The van der Waals surface area contributed by atoms with E-state index in [9.17, 15) is 24.0 Å². The number of nitro groups is 1. The Balaban J connectivity index is 2.21. The van der Waals surface area contributed by atoms with Crippen LogP contribution >= 0.6 is 0 Å². The molecule has 0 saturated carbocycles. The van der Waals surface area contributed by atoms with Gasteiger partial charge in [-0.1, -0.05) is 6.07 Å². The second kappa shape index (κ2) is 5.74. The van der Waals surface area contributed by atoms with Crippen LogP contribution in [0.2, 0.25) is 0 Å². The summed E-state index contributed by atoms with van der Waals surface area (Å²) >= 11 is 0. The van der Waals surface area contributed by atoms with E-state index in [1.165, 1.54) is 6.07 Å². The number of nitrogens with one attached hydrogen (secondary N) is 1. The molecule has 0 amide bonds. The maximum atomic E-state index is 13.6. The zero-order chi connectivity index (χ0) is 15.6. The lowest BCUT2D eigenvalue weighted by molar-refractivity contribution is -0.387. The summed E-state index contributed by atoms with van der Waals surface area (Å²) in [6, 6.07) is 6.13. The van der Waals surface area contributed by atoms with Gasteiger partial charge in [0, 0.05) is 36.0 Å². The first-order chi connectivity index (χ1) is 9.88. The van der Waals surface area contributed by atoms with E-state index in [4.69, 9.17) is 0 Å². The molecule has 110 valence electrons. The van der Waals surface area contributed by atoms with Gasteiger partial charge in [-0.3, -0.25) is 10.1 Å². The van der Waals surface area contributed by atoms with Crippen molar-refractivity contribution in [3.63, 3.8) is 0 Å². The number of halogens is 2. The molecular weight excluding hydrogens is 282 g/mol. The Kier molecular flexibility index (Phi) is 4.02. The molecule has 0 fully saturated rings. The molecule has 0 spiro atoms. The molecular formula is C14H12F2N2O3. The van der Waals surface area contributed by atoms with E-state index in [1.807, 2.05) is 0 Å². The van der Waals surface area contributed by atoms with Gasteiger partial charge in [-0.25, -0.2) is 4.39 Å². The monoisotopic (exact) mass is 294 g/mol. The van der Waals surface area contributed by atoms with Crippen LogP contribution in [-0.2, 0) is 6.54 Å². The highest BCUT2D eigenvalue weighted by Crippen LogP contribution is 2.24. The number of nitrogens with zero attached hydrogens (tertiary/aromatic N) is 1. The molecule has 0 aliphatic carbocycles. The SMILES string of the molecule is Cc1ccc(NCc2cc([N+](=O)[O-])c(F)cc2F)cc1O. The summed E-state index contributed by atoms with van der Waals surface area (Å²) in [6.45, 7) is 1.65. The van der Waals surface area contributed by atoms with Gasteiger partial charge in [0.25, 0.3) is 0 Å². The third kappa shape index (κ3) is 3.25. The van der Waals surface area contributed by atoms with Crippen molar-refractivity contribution in [1.82, 2.24) is 0 Å². The van der Waals surface area contributed by atoms with E-state index >= 15 is 0 Å². The lowest BCUT2D eigenvalue weighted by atomic mass is 10.1. The van der Waals surface area contributed by atoms with Crippen molar-refractivity contribution in [2.45, 2.75) is 13.5 Å². The van der Waals surface area contributed by atoms with Crippen LogP contribution in [0.1, 0.15) is 11.1 Å². The number of aromatic hydroxyl groups is 1. The number of aryl methyl sites for hydroxylation is 1. The van der Waals surface area contributed by atoms with Crippen molar-refractivity contribution in [3.8, 4) is 5.75 Å². The zero-order valence-corrected chi connectivity index (χ0v) is 11.1. The quantitative estimate of drug-likeness (QED) is 0.668. The number of phenols is 1. The van der Waals surface area contributed by atoms with Crippen molar-refractivity contribution in [2.24, 2.45) is 0 Å². The van der Waals surface area contributed by atoms with E-state index in [0.717, 1.165) is 6.07 Å². The Bertz CT molecular complexity index is 705. The number of hydrogen-bond acceptors (Lipinski definition) is 4. The van der Waals surface area contributed by atoms with Crippen LogP contribution in [-0.4, -0.2) is 10.0 Å². The van der Waals surface area contributed by atoms with Crippen LogP contribution in [0.3, 0.4) is 0 Å². The van der Waals surface area contributed by atoms with Crippen LogP contribution in [0.15, 0.2) is 30.3 Å². The normalized spacial score (nSPS) is 10.4. The zero-order valence-electron chi connectivity index (χ0n) is 11.1. The second-order valence-corrected chi connectivity index (χ2v) is 4.51. The molecule has 0 radical (unpaired) electrons. The molecule has 5 nitrogen and oxygen atoms in total. The van der Waals surface area contributed by atoms with E-state index in [0.29, 0.717) is 17.3 Å². The molecule has 21 heavy (non-hydrogen) atoms. The van der Waals surface area contributed by atoms with Crippen molar-refractivity contribution >= 4 is 11.4 Å². The third-order valence-electron chi connectivity index (χ3n) is 3.00. The Morgan fingerprint density at radius 2 is 1.95 bits per heavy atom. The summed E-state index contributed by atoms with van der Waals surface area (Å²) in [5, 5.41) is 23.0. The molecule has 0 unspecified atom stereocenters. The van der Waals surface area contributed by atoms with Crippen molar-refractivity contribution in [3.05, 3.63) is 63.2 Å². The second-order valence-electron chi connectivity index (χ2n) is 4.51. The van der Waals surface area contributed by atoms with Gasteiger partial charge in [-0.2, -0.15) is 4.39 Å². The maximum Gasteiger partial charge on any atom is 0.305 e. The first-order valence-corrected chi connectivity index (χ1v) is 6.04. The van der Waals surface area contributed by atoms with Crippen molar-refractivity contribution in [1.29, 1.82) is 0 Å². The van der Waals surface area contributed by atoms with Gasteiger partial charge in [0.05, 0.1) is 4.92 Å². The minimum atomic E-state index is -1.21. The lowest BCUT2D eigenvalue weighted by Gasteiger charge is -2.09. The highest BCUT2D eigenvalue weighted by atomic mass is 19.1. The Morgan fingerprint density at radius 3 is 2.57 bits per heavy atom. The molecule has 7 heteroatoms. The van der Waals surface area contributed by atoms with E-state index < -0.39 is 22.2 Å². The van der Waals surface area contributed by atoms with E-state index in [-0.39, 0.29) is 17.9 Å². The maximum absolute atomic E-state index is 13.6. The number of phenolic OH excluding ortho intramolecular Hbond substituents is 1. The number of rotatable bonds is 4. The standard InChI is InChI=1S/C14H12F2N2O3/c1-8-2-3-10(5-14(8)19)17-7-9-4-13(18(20)21)12(16)6-11(9)15/h2-6,17,19H,7H2,1H3. The van der Waals surface area contributed by atoms with Crippen LogP contribution in [0.25, 0.3) is 0 Å². The molecule has 0 aliphatic rings. The smallest absolute Gasteiger partial charge is 0.305 e. The molecule has 0 aliphatic heterocycles. The molecule has 0 bridgehead atoms. The molecule has 0 saturated heterocycles. The number of anilines is 1. The molecule has 2 aromatic carbocycles. The van der Waals surface area contributed by atoms with Crippen LogP contribution in [0.4, 0.5) is 20.2 Å². The Hall–Kier alpha value is -2.70. The molecule has 0 aromatic heterocycles. The van der Waals surface area contributed by atoms with Crippen LogP contribution < -0.4 is 5.32 Å². The fraction of sp³-hybridized carbons (Fsp3) is 0.143. The highest BCUT2D eigenvalue weighted by Gasteiger charge is 2.18. The number of benzene rings is 2. The Labute approximate surface area is 119 Å². The highest BCUT2D eigenvalue weighted by molar-refractivity contribution is 5.51. The van der Waals surface area contributed by atoms with Crippen LogP contribution in [0, 0.1) is 28.7 Å². The fourth-order valence-electron chi connectivity index (χ4n) is 1.77. The fourth-order valence-corrected chi connectivity index (χ4v) is 1.77. The van der Waals surface area contributed by atoms with Crippen LogP contribution in [0.5, 0.6) is 5.75 Å². The van der Waals surface area contributed by atoms with Gasteiger partial charge in [0.1, 0.15) is 11.6 Å². The average Bonchev–Trinajstić information content (AvgIpc) is 2.41. The predicted octanol–water partition coefficient (Wildman–Crippen LogP) is 3.50. The largest absolute Gasteiger partial charge is 0.508 e. The van der Waals surface area contributed by atoms with Gasteiger partial charge < -0.3 is 10.4 Å². The van der Waals surface area contributed by atoms with Crippen molar-refractivity contribution in [2.75, 3.05) is 5.32 Å². The van der Waals surface area contributed by atoms with E-state index in [2.05, 4.69) is 5.32 Å². The van der Waals surface area contributed by atoms with Gasteiger partial charge in [-0.15, -0.1) is 0 Å². The molecule has 2 aromatic rings. The minimum absolute atomic E-state index is 0.0387. The van der Waals surface area contributed by atoms with Gasteiger partial charge in [0.15, 0.2) is 0 Å². The number of nitro benzene ring substituents is 1. The summed E-state index contributed by atoms with van der Waals surface area (Å²) in [5.41, 5.74) is 0.386. The minimum Gasteiger partial charge on any atom is -0.508 e. The topological polar surface area (TPSA) is 75.4 Å². The van der Waals surface area contributed by atoms with Gasteiger partial charge >= 0.3 is 5.69 Å². The van der Waals surface area contributed by atoms with Gasteiger partial charge in [-0.05, 0) is 18.6 Å². The third-order valence-corrected chi connectivity index (χ3v) is 3.00. The van der Waals surface area contributed by atoms with Crippen molar-refractivity contribution < 1.29 is 18.8 Å². The number of hydrogen-bond donors (Lipinski definition) is 2. The van der Waals surface area contributed by atoms with E-state index in [1.54, 1.807) is 19.1 Å². The molecule has 0 atom stereocenters. The molecule has 0 heterocycles. The summed E-state index contributed by atoms with van der Waals surface area (Å²) in [5.74, 6) is -2.01. The summed E-state index contributed by atoms with van der Waals surface area (Å²) in [6.07, 6.45) is 0. The molecule has 2 rings (SSSR count). The first kappa shape index (κ1) is 14.7. The Morgan fingerprint density at radius 1 is 1.24 bits per heavy atom. The lowest BCUT2D eigenvalue weighted by Crippen LogP contribution is -2.04. The summed E-state index contributed by atoms with van der Waals surface area (Å²) in [4.78, 5) is 9.72. The summed E-state index contributed by atoms with van der Waals surface area (Å²) in [7, 11) is 0.